The molecule has 2 heterocycles. The summed E-state index contributed by atoms with van der Waals surface area (Å²) in [6.07, 6.45) is 1.23. The number of nitrogens with zero attached hydrogens (tertiary/aromatic N) is 4. The Morgan fingerprint density at radius 1 is 1.62 bits per heavy atom. The van der Waals surface area contributed by atoms with Crippen LogP contribution in [0.3, 0.4) is 0 Å². The molecule has 5 nitrogen and oxygen atoms in total. The molecule has 0 fully saturated rings. The second-order valence-electron chi connectivity index (χ2n) is 3.43. The van der Waals surface area contributed by atoms with Gasteiger partial charge in [0.1, 0.15) is 5.69 Å². The summed E-state index contributed by atoms with van der Waals surface area (Å²) >= 11 is 1.49. The molecular weight excluding hydrogens is 224 g/mol. The van der Waals surface area contributed by atoms with Gasteiger partial charge in [-0.3, -0.25) is 0 Å². The summed E-state index contributed by atoms with van der Waals surface area (Å²) in [4.78, 5) is 8.37. The lowest BCUT2D eigenvalue weighted by atomic mass is 10.1. The van der Waals surface area contributed by atoms with Crippen LogP contribution in [-0.2, 0) is 0 Å². The number of rotatable bonds is 4. The van der Waals surface area contributed by atoms with Gasteiger partial charge in [0.05, 0.1) is 11.6 Å². The molecule has 6 heteroatoms. The van der Waals surface area contributed by atoms with Crippen LogP contribution in [0, 0.1) is 11.3 Å². The van der Waals surface area contributed by atoms with E-state index < -0.39 is 0 Å². The molecule has 0 N–H and O–H groups in total. The fraction of sp³-hybridized carbons (Fsp3) is 0.400. The Morgan fingerprint density at radius 2 is 2.50 bits per heavy atom. The molecule has 0 radical (unpaired) electrons. The number of hydrogen-bond donors (Lipinski definition) is 0. The first-order valence-electron chi connectivity index (χ1n) is 4.90. The van der Waals surface area contributed by atoms with Crippen molar-refractivity contribution in [2.24, 2.45) is 0 Å². The molecule has 0 bridgehead atoms. The minimum absolute atomic E-state index is 0.111. The Bertz CT molecular complexity index is 485. The Labute approximate surface area is 96.8 Å². The second-order valence-corrected chi connectivity index (χ2v) is 4.15. The molecule has 16 heavy (non-hydrogen) atoms. The van der Waals surface area contributed by atoms with Crippen molar-refractivity contribution in [1.29, 1.82) is 5.26 Å². The van der Waals surface area contributed by atoms with E-state index in [1.807, 2.05) is 12.3 Å². The molecule has 0 aliphatic carbocycles. The summed E-state index contributed by atoms with van der Waals surface area (Å²) in [7, 11) is 0. The van der Waals surface area contributed by atoms with Crippen molar-refractivity contribution in [3.05, 3.63) is 16.8 Å². The van der Waals surface area contributed by atoms with Crippen LogP contribution in [0.15, 0.2) is 15.4 Å². The van der Waals surface area contributed by atoms with Crippen LogP contribution >= 0.6 is 11.3 Å². The van der Waals surface area contributed by atoms with E-state index in [-0.39, 0.29) is 5.92 Å². The van der Waals surface area contributed by atoms with Crippen molar-refractivity contribution < 1.29 is 4.52 Å². The minimum atomic E-state index is 0.111. The molecule has 0 spiro atoms. The SMILES string of the molecule is CC(CCC#N)c1nc(-c2cscn2)no1. The van der Waals surface area contributed by atoms with Crippen LogP contribution in [0.5, 0.6) is 0 Å². The van der Waals surface area contributed by atoms with Crippen LogP contribution in [-0.4, -0.2) is 15.1 Å². The Kier molecular flexibility index (Phi) is 3.27. The number of thiazole rings is 1. The van der Waals surface area contributed by atoms with Gasteiger partial charge in [-0.1, -0.05) is 12.1 Å². The average Bonchev–Trinajstić information content (AvgIpc) is 2.94. The molecule has 1 atom stereocenters. The molecule has 0 aliphatic rings. The Hall–Kier alpha value is -1.74. The zero-order valence-corrected chi connectivity index (χ0v) is 9.57. The smallest absolute Gasteiger partial charge is 0.229 e. The van der Waals surface area contributed by atoms with E-state index in [2.05, 4.69) is 21.2 Å². The van der Waals surface area contributed by atoms with Crippen molar-refractivity contribution in [2.45, 2.75) is 25.7 Å². The van der Waals surface area contributed by atoms with Gasteiger partial charge in [0.15, 0.2) is 0 Å². The summed E-state index contributed by atoms with van der Waals surface area (Å²) < 4.78 is 5.14. The highest BCUT2D eigenvalue weighted by Gasteiger charge is 2.15. The highest BCUT2D eigenvalue weighted by Crippen LogP contribution is 2.22. The maximum Gasteiger partial charge on any atom is 0.229 e. The fourth-order valence-electron chi connectivity index (χ4n) is 1.27. The van der Waals surface area contributed by atoms with Crippen LogP contribution in [0.4, 0.5) is 0 Å². The van der Waals surface area contributed by atoms with Crippen molar-refractivity contribution >= 4 is 11.3 Å². The van der Waals surface area contributed by atoms with E-state index >= 15 is 0 Å². The van der Waals surface area contributed by atoms with Crippen molar-refractivity contribution in [1.82, 2.24) is 15.1 Å². The number of hydrogen-bond acceptors (Lipinski definition) is 6. The van der Waals surface area contributed by atoms with E-state index in [0.717, 1.165) is 12.1 Å². The maximum absolute atomic E-state index is 8.49. The third kappa shape index (κ3) is 2.25. The van der Waals surface area contributed by atoms with Crippen LogP contribution < -0.4 is 0 Å². The molecule has 2 aromatic rings. The molecule has 0 saturated heterocycles. The van der Waals surface area contributed by atoms with E-state index in [4.69, 9.17) is 9.78 Å². The van der Waals surface area contributed by atoms with E-state index in [9.17, 15) is 0 Å². The van der Waals surface area contributed by atoms with Gasteiger partial charge in [0.2, 0.25) is 11.7 Å². The van der Waals surface area contributed by atoms with Gasteiger partial charge in [-0.15, -0.1) is 11.3 Å². The standard InChI is InChI=1S/C10H10N4OS/c1-7(3-2-4-11)10-13-9(14-15-10)8-5-16-6-12-8/h5-7H,2-3H2,1H3. The predicted molar refractivity (Wildman–Crippen MR) is 58.7 cm³/mol. The van der Waals surface area contributed by atoms with E-state index in [1.54, 1.807) is 5.51 Å². The molecular formula is C10H10N4OS. The second kappa shape index (κ2) is 4.86. The first-order chi connectivity index (χ1) is 7.81. The summed E-state index contributed by atoms with van der Waals surface area (Å²) in [6.45, 7) is 1.97. The summed E-state index contributed by atoms with van der Waals surface area (Å²) in [5.74, 6) is 1.19. The summed E-state index contributed by atoms with van der Waals surface area (Å²) in [6, 6.07) is 2.10. The third-order valence-corrected chi connectivity index (χ3v) is 2.80. The third-order valence-electron chi connectivity index (χ3n) is 2.21. The molecule has 82 valence electrons. The van der Waals surface area contributed by atoms with Crippen molar-refractivity contribution in [3.8, 4) is 17.6 Å². The molecule has 0 aromatic carbocycles. The minimum Gasteiger partial charge on any atom is -0.339 e. The van der Waals surface area contributed by atoms with Gasteiger partial charge in [-0.25, -0.2) is 4.98 Å². The van der Waals surface area contributed by atoms with Crippen molar-refractivity contribution in [3.63, 3.8) is 0 Å². The molecule has 0 aliphatic heterocycles. The maximum atomic E-state index is 8.49. The highest BCUT2D eigenvalue weighted by atomic mass is 32.1. The average molecular weight is 234 g/mol. The molecule has 2 rings (SSSR count). The van der Waals surface area contributed by atoms with Gasteiger partial charge < -0.3 is 4.52 Å². The summed E-state index contributed by atoms with van der Waals surface area (Å²) in [5, 5.41) is 14.2. The molecule has 0 saturated carbocycles. The van der Waals surface area contributed by atoms with Gasteiger partial charge in [0, 0.05) is 17.7 Å². The fourth-order valence-corrected chi connectivity index (χ4v) is 1.80. The quantitative estimate of drug-likeness (QED) is 0.812. The van der Waals surface area contributed by atoms with Crippen LogP contribution in [0.25, 0.3) is 11.5 Å². The van der Waals surface area contributed by atoms with Crippen molar-refractivity contribution in [2.75, 3.05) is 0 Å². The monoisotopic (exact) mass is 234 g/mol. The Balaban J connectivity index is 2.11. The lowest BCUT2D eigenvalue weighted by Crippen LogP contribution is -1.93. The number of aromatic nitrogens is 3. The largest absolute Gasteiger partial charge is 0.339 e. The normalized spacial score (nSPS) is 12.2. The zero-order valence-electron chi connectivity index (χ0n) is 8.75. The lowest BCUT2D eigenvalue weighted by molar-refractivity contribution is 0.355. The first-order valence-corrected chi connectivity index (χ1v) is 5.84. The first kappa shape index (κ1) is 10.8. The Morgan fingerprint density at radius 3 is 3.19 bits per heavy atom. The zero-order chi connectivity index (χ0) is 11.4. The van der Waals surface area contributed by atoms with Gasteiger partial charge >= 0.3 is 0 Å². The predicted octanol–water partition coefficient (Wildman–Crippen LogP) is 2.60. The molecule has 2 aromatic heterocycles. The molecule has 1 unspecified atom stereocenters. The van der Waals surface area contributed by atoms with Gasteiger partial charge in [0.25, 0.3) is 0 Å². The van der Waals surface area contributed by atoms with Gasteiger partial charge in [-0.05, 0) is 6.42 Å². The van der Waals surface area contributed by atoms with Gasteiger partial charge in [-0.2, -0.15) is 10.2 Å². The highest BCUT2D eigenvalue weighted by molar-refractivity contribution is 7.07. The van der Waals surface area contributed by atoms with Crippen LogP contribution in [0.1, 0.15) is 31.6 Å². The van der Waals surface area contributed by atoms with E-state index in [0.29, 0.717) is 18.1 Å². The van der Waals surface area contributed by atoms with Crippen LogP contribution in [0.2, 0.25) is 0 Å². The lowest BCUT2D eigenvalue weighted by Gasteiger charge is -2.00. The molecule has 0 amide bonds. The van der Waals surface area contributed by atoms with E-state index in [1.165, 1.54) is 11.3 Å². The topological polar surface area (TPSA) is 75.6 Å². The number of nitriles is 1. The summed E-state index contributed by atoms with van der Waals surface area (Å²) in [5.41, 5.74) is 2.46.